The first kappa shape index (κ1) is 16.5. The number of amides is 1. The fraction of sp³-hybridized carbons (Fsp3) is 0.167. The summed E-state index contributed by atoms with van der Waals surface area (Å²) >= 11 is 0. The summed E-state index contributed by atoms with van der Waals surface area (Å²) < 4.78 is 0. The molecular formula is C18H19N5O2. The van der Waals surface area contributed by atoms with Crippen LogP contribution in [-0.2, 0) is 4.79 Å². The number of carbonyl (C=O) groups is 1. The number of hydrogen-bond acceptors (Lipinski definition) is 4. The SMILES string of the molecule is Cc1ccc(NCCC(=O)Nc2ccc(-c3c[nH]c(=O)[nH]3)cc2)nc1. The predicted molar refractivity (Wildman–Crippen MR) is 97.6 cm³/mol. The number of aromatic nitrogens is 3. The molecular weight excluding hydrogens is 318 g/mol. The summed E-state index contributed by atoms with van der Waals surface area (Å²) in [7, 11) is 0. The van der Waals surface area contributed by atoms with Crippen molar-refractivity contribution in [2.24, 2.45) is 0 Å². The number of H-pyrrole nitrogens is 2. The normalized spacial score (nSPS) is 10.4. The molecule has 1 amide bonds. The van der Waals surface area contributed by atoms with Gasteiger partial charge in [0.2, 0.25) is 5.91 Å². The van der Waals surface area contributed by atoms with E-state index in [0.29, 0.717) is 24.3 Å². The smallest absolute Gasteiger partial charge is 0.323 e. The van der Waals surface area contributed by atoms with E-state index in [1.54, 1.807) is 24.5 Å². The van der Waals surface area contributed by atoms with Gasteiger partial charge in [0.25, 0.3) is 0 Å². The number of anilines is 2. The molecule has 0 unspecified atom stereocenters. The molecule has 3 aromatic rings. The van der Waals surface area contributed by atoms with Gasteiger partial charge in [-0.3, -0.25) is 4.79 Å². The Kier molecular flexibility index (Phi) is 4.94. The number of rotatable bonds is 6. The molecule has 128 valence electrons. The van der Waals surface area contributed by atoms with Gasteiger partial charge < -0.3 is 20.6 Å². The van der Waals surface area contributed by atoms with Crippen LogP contribution in [0.2, 0.25) is 0 Å². The van der Waals surface area contributed by atoms with E-state index in [0.717, 1.165) is 16.9 Å². The van der Waals surface area contributed by atoms with E-state index in [2.05, 4.69) is 25.6 Å². The molecule has 1 aromatic carbocycles. The molecule has 0 saturated heterocycles. The molecule has 25 heavy (non-hydrogen) atoms. The summed E-state index contributed by atoms with van der Waals surface area (Å²) in [6, 6.07) is 11.1. The first-order valence-corrected chi connectivity index (χ1v) is 7.95. The Labute approximate surface area is 144 Å². The number of nitrogens with one attached hydrogen (secondary N) is 4. The lowest BCUT2D eigenvalue weighted by Gasteiger charge is -2.08. The molecule has 7 heteroatoms. The monoisotopic (exact) mass is 337 g/mol. The fourth-order valence-corrected chi connectivity index (χ4v) is 2.32. The lowest BCUT2D eigenvalue weighted by Crippen LogP contribution is -2.16. The van der Waals surface area contributed by atoms with Crippen molar-refractivity contribution in [1.29, 1.82) is 0 Å². The van der Waals surface area contributed by atoms with Gasteiger partial charge in [0.05, 0.1) is 5.69 Å². The predicted octanol–water partition coefficient (Wildman–Crippen LogP) is 2.51. The minimum Gasteiger partial charge on any atom is -0.370 e. The maximum Gasteiger partial charge on any atom is 0.323 e. The molecule has 4 N–H and O–H groups in total. The lowest BCUT2D eigenvalue weighted by atomic mass is 10.1. The van der Waals surface area contributed by atoms with Crippen LogP contribution in [0.5, 0.6) is 0 Å². The van der Waals surface area contributed by atoms with Crippen LogP contribution in [0.3, 0.4) is 0 Å². The number of imidazole rings is 1. The summed E-state index contributed by atoms with van der Waals surface area (Å²) in [6.45, 7) is 2.48. The molecule has 0 atom stereocenters. The Bertz CT molecular complexity index is 894. The van der Waals surface area contributed by atoms with Crippen molar-refractivity contribution in [3.63, 3.8) is 0 Å². The number of pyridine rings is 1. The van der Waals surface area contributed by atoms with Gasteiger partial charge >= 0.3 is 5.69 Å². The summed E-state index contributed by atoms with van der Waals surface area (Å²) in [6.07, 6.45) is 3.73. The second-order valence-corrected chi connectivity index (χ2v) is 5.68. The highest BCUT2D eigenvalue weighted by atomic mass is 16.1. The summed E-state index contributed by atoms with van der Waals surface area (Å²) in [5.41, 5.74) is 3.12. The van der Waals surface area contributed by atoms with E-state index in [9.17, 15) is 9.59 Å². The number of hydrogen-bond donors (Lipinski definition) is 4. The number of nitrogens with zero attached hydrogens (tertiary/aromatic N) is 1. The van der Waals surface area contributed by atoms with Crippen LogP contribution in [0.15, 0.2) is 53.6 Å². The van der Waals surface area contributed by atoms with Gasteiger partial charge in [0, 0.05) is 31.0 Å². The molecule has 0 saturated carbocycles. The zero-order chi connectivity index (χ0) is 17.6. The van der Waals surface area contributed by atoms with E-state index in [1.807, 2.05) is 31.2 Å². The largest absolute Gasteiger partial charge is 0.370 e. The lowest BCUT2D eigenvalue weighted by molar-refractivity contribution is -0.115. The summed E-state index contributed by atoms with van der Waals surface area (Å²) in [4.78, 5) is 32.6. The van der Waals surface area contributed by atoms with Gasteiger partial charge in [0.1, 0.15) is 5.82 Å². The summed E-state index contributed by atoms with van der Waals surface area (Å²) in [5.74, 6) is 0.672. The Morgan fingerprint density at radius 3 is 2.60 bits per heavy atom. The van der Waals surface area contributed by atoms with Crippen molar-refractivity contribution in [3.05, 3.63) is 64.8 Å². The zero-order valence-corrected chi connectivity index (χ0v) is 13.8. The van der Waals surface area contributed by atoms with Crippen molar-refractivity contribution >= 4 is 17.4 Å². The maximum atomic E-state index is 12.0. The minimum atomic E-state index is -0.247. The van der Waals surface area contributed by atoms with Crippen molar-refractivity contribution in [3.8, 4) is 11.3 Å². The molecule has 0 bridgehead atoms. The zero-order valence-electron chi connectivity index (χ0n) is 13.8. The molecule has 0 aliphatic heterocycles. The van der Waals surface area contributed by atoms with Gasteiger partial charge in [-0.05, 0) is 36.2 Å². The number of carbonyl (C=O) groups excluding carboxylic acids is 1. The fourth-order valence-electron chi connectivity index (χ4n) is 2.32. The third-order valence-electron chi connectivity index (χ3n) is 3.65. The van der Waals surface area contributed by atoms with Gasteiger partial charge in [0.15, 0.2) is 0 Å². The molecule has 0 radical (unpaired) electrons. The van der Waals surface area contributed by atoms with Gasteiger partial charge in [-0.15, -0.1) is 0 Å². The molecule has 2 aromatic heterocycles. The Balaban J connectivity index is 1.49. The highest BCUT2D eigenvalue weighted by Crippen LogP contribution is 2.18. The van der Waals surface area contributed by atoms with E-state index in [1.165, 1.54) is 0 Å². The molecule has 0 aliphatic rings. The van der Waals surface area contributed by atoms with Crippen molar-refractivity contribution in [2.75, 3.05) is 17.2 Å². The van der Waals surface area contributed by atoms with E-state index >= 15 is 0 Å². The molecule has 0 spiro atoms. The maximum absolute atomic E-state index is 12.0. The molecule has 3 rings (SSSR count). The quantitative estimate of drug-likeness (QED) is 0.555. The van der Waals surface area contributed by atoms with Crippen LogP contribution in [0, 0.1) is 6.92 Å². The molecule has 0 aliphatic carbocycles. The van der Waals surface area contributed by atoms with Crippen LogP contribution in [0.1, 0.15) is 12.0 Å². The van der Waals surface area contributed by atoms with Crippen LogP contribution < -0.4 is 16.3 Å². The Morgan fingerprint density at radius 2 is 1.96 bits per heavy atom. The average molecular weight is 337 g/mol. The van der Waals surface area contributed by atoms with Gasteiger partial charge in [-0.25, -0.2) is 9.78 Å². The molecule has 7 nitrogen and oxygen atoms in total. The Morgan fingerprint density at radius 1 is 1.16 bits per heavy atom. The van der Waals surface area contributed by atoms with Crippen LogP contribution in [-0.4, -0.2) is 27.4 Å². The third-order valence-corrected chi connectivity index (χ3v) is 3.65. The third kappa shape index (κ3) is 4.57. The van der Waals surface area contributed by atoms with E-state index in [-0.39, 0.29) is 11.6 Å². The average Bonchev–Trinajstić information content (AvgIpc) is 3.04. The van der Waals surface area contributed by atoms with Crippen molar-refractivity contribution in [2.45, 2.75) is 13.3 Å². The minimum absolute atomic E-state index is 0.0811. The standard InChI is InChI=1S/C18H19N5O2/c1-12-2-7-16(20-10-12)19-9-8-17(24)22-14-5-3-13(4-6-14)15-11-21-18(25)23-15/h2-7,10-11H,8-9H2,1H3,(H,19,20)(H,22,24)(H2,21,23,25). The molecule has 2 heterocycles. The molecule has 0 fully saturated rings. The van der Waals surface area contributed by atoms with Crippen molar-refractivity contribution < 1.29 is 4.79 Å². The number of aryl methyl sites for hydroxylation is 1. The highest BCUT2D eigenvalue weighted by Gasteiger charge is 2.04. The number of aromatic amines is 2. The van der Waals surface area contributed by atoms with E-state index < -0.39 is 0 Å². The van der Waals surface area contributed by atoms with Crippen LogP contribution in [0.25, 0.3) is 11.3 Å². The van der Waals surface area contributed by atoms with E-state index in [4.69, 9.17) is 0 Å². The van der Waals surface area contributed by atoms with Gasteiger partial charge in [-0.2, -0.15) is 0 Å². The van der Waals surface area contributed by atoms with Crippen LogP contribution in [0.4, 0.5) is 11.5 Å². The number of benzene rings is 1. The van der Waals surface area contributed by atoms with Gasteiger partial charge in [-0.1, -0.05) is 18.2 Å². The topological polar surface area (TPSA) is 103 Å². The van der Waals surface area contributed by atoms with Crippen LogP contribution >= 0.6 is 0 Å². The second kappa shape index (κ2) is 7.48. The first-order chi connectivity index (χ1) is 12.1. The Hall–Kier alpha value is -3.35. The highest BCUT2D eigenvalue weighted by molar-refractivity contribution is 5.91. The second-order valence-electron chi connectivity index (χ2n) is 5.68. The first-order valence-electron chi connectivity index (χ1n) is 7.95. The van der Waals surface area contributed by atoms with Crippen molar-refractivity contribution in [1.82, 2.24) is 15.0 Å². The summed E-state index contributed by atoms with van der Waals surface area (Å²) in [5, 5.41) is 5.95.